The van der Waals surface area contributed by atoms with Crippen molar-refractivity contribution in [1.82, 2.24) is 9.88 Å². The van der Waals surface area contributed by atoms with Gasteiger partial charge in [0.2, 0.25) is 5.91 Å². The number of sulfone groups is 1. The lowest BCUT2D eigenvalue weighted by Gasteiger charge is -2.37. The predicted molar refractivity (Wildman–Crippen MR) is 82.4 cm³/mol. The molecule has 2 heterocycles. The minimum Gasteiger partial charge on any atom is -0.341 e. The Balaban J connectivity index is 2.12. The van der Waals surface area contributed by atoms with Crippen LogP contribution in [0.5, 0.6) is 0 Å². The Hall–Kier alpha value is -0.730. The van der Waals surface area contributed by atoms with Crippen molar-refractivity contribution in [2.45, 2.75) is 31.9 Å². The van der Waals surface area contributed by atoms with E-state index in [1.54, 1.807) is 18.7 Å². The number of hydrogen-bond donors (Lipinski definition) is 1. The number of carbonyl (C=O) groups is 1. The summed E-state index contributed by atoms with van der Waals surface area (Å²) in [6.07, 6.45) is 0.278. The number of nitrogens with one attached hydrogen (secondary N) is 1. The first-order valence-corrected chi connectivity index (χ1v) is 9.19. The number of aryl methyl sites for hydroxylation is 1. The topological polar surface area (TPSA) is 70.2 Å². The molecule has 1 aliphatic rings. The highest BCUT2D eigenvalue weighted by Gasteiger charge is 2.41. The smallest absolute Gasteiger partial charge is 0.227 e. The molecule has 1 aliphatic heterocycles. The third-order valence-electron chi connectivity index (χ3n) is 3.63. The highest BCUT2D eigenvalue weighted by atomic mass is 32.2. The zero-order valence-electron chi connectivity index (χ0n) is 11.7. The summed E-state index contributed by atoms with van der Waals surface area (Å²) in [4.78, 5) is 17.9. The summed E-state index contributed by atoms with van der Waals surface area (Å²) in [5.41, 5.74) is 0.914. The molecule has 1 aromatic heterocycles. The molecule has 2 rings (SSSR count). The molecule has 0 aromatic carbocycles. The van der Waals surface area contributed by atoms with Gasteiger partial charge < -0.3 is 9.88 Å². The van der Waals surface area contributed by atoms with Gasteiger partial charge in [-0.2, -0.15) is 0 Å². The molecule has 0 bridgehead atoms. The highest BCUT2D eigenvalue weighted by Crippen LogP contribution is 2.25. The maximum Gasteiger partial charge on any atom is 0.227 e. The van der Waals surface area contributed by atoms with E-state index in [9.17, 15) is 13.2 Å². The van der Waals surface area contributed by atoms with E-state index in [0.29, 0.717) is 3.95 Å². The average molecular weight is 334 g/mol. The van der Waals surface area contributed by atoms with Gasteiger partial charge in [0.1, 0.15) is 0 Å². The van der Waals surface area contributed by atoms with Gasteiger partial charge in [0.15, 0.2) is 13.8 Å². The number of rotatable bonds is 2. The third kappa shape index (κ3) is 2.96. The van der Waals surface area contributed by atoms with Gasteiger partial charge in [-0.3, -0.25) is 4.79 Å². The molecule has 20 heavy (non-hydrogen) atoms. The van der Waals surface area contributed by atoms with Crippen molar-refractivity contribution in [2.75, 3.05) is 18.8 Å². The lowest BCUT2D eigenvalue weighted by Crippen LogP contribution is -2.54. The van der Waals surface area contributed by atoms with Crippen LogP contribution in [0, 0.1) is 10.9 Å². The van der Waals surface area contributed by atoms with Crippen LogP contribution in [0.3, 0.4) is 0 Å². The number of aromatic amines is 1. The molecule has 0 saturated carbocycles. The summed E-state index contributed by atoms with van der Waals surface area (Å²) < 4.78 is 23.6. The van der Waals surface area contributed by atoms with E-state index in [0.717, 1.165) is 10.6 Å². The second kappa shape index (κ2) is 5.23. The van der Waals surface area contributed by atoms with Crippen molar-refractivity contribution >= 4 is 39.3 Å². The van der Waals surface area contributed by atoms with Gasteiger partial charge in [-0.1, -0.05) is 0 Å². The van der Waals surface area contributed by atoms with E-state index in [1.165, 1.54) is 11.3 Å². The quantitative estimate of drug-likeness (QED) is 0.836. The largest absolute Gasteiger partial charge is 0.341 e. The minimum atomic E-state index is -3.12. The molecule has 1 N–H and O–H groups in total. The van der Waals surface area contributed by atoms with Gasteiger partial charge in [-0.05, 0) is 33.0 Å². The summed E-state index contributed by atoms with van der Waals surface area (Å²) >= 11 is 6.45. The normalized spacial score (nSPS) is 20.9. The lowest BCUT2D eigenvalue weighted by atomic mass is 10.1. The summed E-state index contributed by atoms with van der Waals surface area (Å²) in [5.74, 6) is -0.00515. The summed E-state index contributed by atoms with van der Waals surface area (Å²) in [7, 11) is -3.12. The van der Waals surface area contributed by atoms with Gasteiger partial charge in [0.05, 0.1) is 16.9 Å². The number of hydrogen-bond acceptors (Lipinski definition) is 5. The van der Waals surface area contributed by atoms with Crippen LogP contribution in [-0.4, -0.2) is 47.8 Å². The zero-order valence-corrected chi connectivity index (χ0v) is 14.2. The first-order chi connectivity index (χ1) is 9.12. The number of aromatic nitrogens is 1. The molecular formula is C12H18N2O3S3. The van der Waals surface area contributed by atoms with Crippen LogP contribution in [0.25, 0.3) is 0 Å². The van der Waals surface area contributed by atoms with Crippen LogP contribution in [0.4, 0.5) is 0 Å². The Morgan fingerprint density at radius 3 is 2.65 bits per heavy atom. The van der Waals surface area contributed by atoms with Crippen molar-refractivity contribution < 1.29 is 13.2 Å². The molecule has 1 fully saturated rings. The van der Waals surface area contributed by atoms with Gasteiger partial charge >= 0.3 is 0 Å². The van der Waals surface area contributed by atoms with Gasteiger partial charge in [0.25, 0.3) is 0 Å². The van der Waals surface area contributed by atoms with Crippen LogP contribution in [0.2, 0.25) is 0 Å². The maximum atomic E-state index is 12.3. The SMILES string of the molecule is Cc1[nH]c(=S)sc1CC(=O)N1CCS(=O)(=O)C(C)(C)C1. The van der Waals surface area contributed by atoms with E-state index in [4.69, 9.17) is 12.2 Å². The Bertz CT molecular complexity index is 685. The Morgan fingerprint density at radius 2 is 2.15 bits per heavy atom. The highest BCUT2D eigenvalue weighted by molar-refractivity contribution is 7.92. The fourth-order valence-electron chi connectivity index (χ4n) is 2.21. The fourth-order valence-corrected chi connectivity index (χ4v) is 4.86. The molecule has 112 valence electrons. The molecular weight excluding hydrogens is 316 g/mol. The van der Waals surface area contributed by atoms with Gasteiger partial charge in [0, 0.05) is 23.7 Å². The predicted octanol–water partition coefficient (Wildman–Crippen LogP) is 1.69. The van der Waals surface area contributed by atoms with E-state index < -0.39 is 14.6 Å². The fraction of sp³-hybridized carbons (Fsp3) is 0.667. The maximum absolute atomic E-state index is 12.3. The van der Waals surface area contributed by atoms with Gasteiger partial charge in [-0.15, -0.1) is 11.3 Å². The van der Waals surface area contributed by atoms with E-state index in [1.807, 2.05) is 6.92 Å². The molecule has 8 heteroatoms. The summed E-state index contributed by atoms with van der Waals surface area (Å²) in [6.45, 7) is 5.77. The third-order valence-corrected chi connectivity index (χ3v) is 7.50. The minimum absolute atomic E-state index is 0.0353. The second-order valence-electron chi connectivity index (χ2n) is 5.63. The number of thiazole rings is 1. The molecule has 0 unspecified atom stereocenters. The summed E-state index contributed by atoms with van der Waals surface area (Å²) in [5, 5.41) is 0. The van der Waals surface area contributed by atoms with Crippen molar-refractivity contribution in [3.63, 3.8) is 0 Å². The second-order valence-corrected chi connectivity index (χ2v) is 10.1. The molecule has 0 aliphatic carbocycles. The molecule has 0 spiro atoms. The van der Waals surface area contributed by atoms with Crippen molar-refractivity contribution in [3.05, 3.63) is 14.5 Å². The van der Waals surface area contributed by atoms with E-state index in [2.05, 4.69) is 4.98 Å². The summed E-state index contributed by atoms with van der Waals surface area (Å²) in [6, 6.07) is 0. The van der Waals surface area contributed by atoms with Crippen molar-refractivity contribution in [3.8, 4) is 0 Å². The van der Waals surface area contributed by atoms with E-state index in [-0.39, 0.29) is 31.2 Å². The Labute approximate surface area is 127 Å². The molecule has 5 nitrogen and oxygen atoms in total. The first kappa shape index (κ1) is 15.7. The average Bonchev–Trinajstić information content (AvgIpc) is 2.61. The first-order valence-electron chi connectivity index (χ1n) is 6.31. The van der Waals surface area contributed by atoms with E-state index >= 15 is 0 Å². The Kier molecular flexibility index (Phi) is 4.10. The van der Waals surface area contributed by atoms with Crippen LogP contribution in [-0.2, 0) is 21.1 Å². The van der Waals surface area contributed by atoms with Crippen LogP contribution < -0.4 is 0 Å². The van der Waals surface area contributed by atoms with Crippen molar-refractivity contribution in [2.24, 2.45) is 0 Å². The number of H-pyrrole nitrogens is 1. The lowest BCUT2D eigenvalue weighted by molar-refractivity contribution is -0.130. The molecule has 1 saturated heterocycles. The molecule has 0 radical (unpaired) electrons. The molecule has 1 aromatic rings. The number of amides is 1. The monoisotopic (exact) mass is 334 g/mol. The molecule has 1 amide bonds. The van der Waals surface area contributed by atoms with Gasteiger partial charge in [-0.25, -0.2) is 8.42 Å². The van der Waals surface area contributed by atoms with Crippen LogP contribution in [0.15, 0.2) is 0 Å². The Morgan fingerprint density at radius 1 is 1.50 bits per heavy atom. The van der Waals surface area contributed by atoms with Crippen LogP contribution >= 0.6 is 23.6 Å². The molecule has 0 atom stereocenters. The number of nitrogens with zero attached hydrogens (tertiary/aromatic N) is 1. The zero-order chi connectivity index (χ0) is 15.1. The standard InChI is InChI=1S/C12H18N2O3S3/c1-8-9(19-11(18)13-8)6-10(15)14-4-5-20(16,17)12(2,3)7-14/h4-7H2,1-3H3,(H,13,18). The number of carbonyl (C=O) groups excluding carboxylic acids is 1. The van der Waals surface area contributed by atoms with Crippen LogP contribution in [0.1, 0.15) is 24.4 Å². The van der Waals surface area contributed by atoms with Crippen molar-refractivity contribution in [1.29, 1.82) is 0 Å².